The number of benzene rings is 2. The molecule has 1 aliphatic heterocycles. The third-order valence-electron chi connectivity index (χ3n) is 5.00. The van der Waals surface area contributed by atoms with Crippen molar-refractivity contribution in [2.24, 2.45) is 0 Å². The number of fused-ring (bicyclic) bond motifs is 3. The van der Waals surface area contributed by atoms with Crippen LogP contribution >= 0.6 is 0 Å². The van der Waals surface area contributed by atoms with Crippen molar-refractivity contribution >= 4 is 6.09 Å². The zero-order chi connectivity index (χ0) is 21.6. The topological polar surface area (TPSA) is 77.0 Å². The first-order valence-electron chi connectivity index (χ1n) is 10.4. The van der Waals surface area contributed by atoms with Crippen molar-refractivity contribution in [1.29, 1.82) is 0 Å². The summed E-state index contributed by atoms with van der Waals surface area (Å²) in [5, 5.41) is 12.0. The fraction of sp³-hybridized carbons (Fsp3) is 0.458. The molecule has 0 spiro atoms. The second-order valence-electron chi connectivity index (χ2n) is 8.48. The van der Waals surface area contributed by atoms with Gasteiger partial charge in [0.15, 0.2) is 11.5 Å². The molecule has 6 nitrogen and oxygen atoms in total. The van der Waals surface area contributed by atoms with Crippen LogP contribution in [0.25, 0.3) is 0 Å². The predicted molar refractivity (Wildman–Crippen MR) is 115 cm³/mol. The van der Waals surface area contributed by atoms with E-state index < -0.39 is 5.60 Å². The molecule has 0 saturated heterocycles. The van der Waals surface area contributed by atoms with E-state index in [0.29, 0.717) is 13.3 Å². The largest absolute Gasteiger partial charge is 0.454 e. The lowest BCUT2D eigenvalue weighted by molar-refractivity contribution is 0.0523. The molecule has 162 valence electrons. The van der Waals surface area contributed by atoms with Crippen LogP contribution in [-0.2, 0) is 17.7 Å². The summed E-state index contributed by atoms with van der Waals surface area (Å²) in [5.74, 6) is 2.04. The number of aliphatic hydroxyl groups excluding tert-OH is 1. The maximum atomic E-state index is 11.3. The number of ether oxygens (including phenoxy) is 3. The summed E-state index contributed by atoms with van der Waals surface area (Å²) in [4.78, 5) is 11.3. The molecule has 2 aromatic rings. The highest BCUT2D eigenvalue weighted by molar-refractivity contribution is 5.67. The molecule has 0 unspecified atom stereocenters. The molecule has 0 radical (unpaired) electrons. The number of alkyl carbamates (subject to hydrolysis) is 1. The molecule has 6 heteroatoms. The zero-order valence-corrected chi connectivity index (χ0v) is 17.9. The summed E-state index contributed by atoms with van der Waals surface area (Å²) in [6.07, 6.45) is 2.85. The van der Waals surface area contributed by atoms with Crippen LogP contribution in [0.3, 0.4) is 0 Å². The van der Waals surface area contributed by atoms with Gasteiger partial charge in [0, 0.05) is 24.6 Å². The molecule has 2 aromatic carbocycles. The first-order valence-corrected chi connectivity index (χ1v) is 10.4. The molecular formula is C24H31NO5. The third-order valence-corrected chi connectivity index (χ3v) is 5.00. The van der Waals surface area contributed by atoms with Crippen molar-refractivity contribution in [3.05, 3.63) is 59.2 Å². The van der Waals surface area contributed by atoms with E-state index in [1.807, 2.05) is 57.2 Å². The SMILES string of the molecule is CC(C)(C)OC(=O)NCc1ccccc1.OC[C@H]1CCCc2c1ccc1c2OCO1. The first-order chi connectivity index (χ1) is 14.4. The number of aliphatic hydroxyl groups is 1. The predicted octanol–water partition coefficient (Wildman–Crippen LogP) is 4.54. The minimum Gasteiger partial charge on any atom is -0.454 e. The summed E-state index contributed by atoms with van der Waals surface area (Å²) >= 11 is 0. The second-order valence-corrected chi connectivity index (χ2v) is 8.48. The van der Waals surface area contributed by atoms with Gasteiger partial charge in [0.25, 0.3) is 0 Å². The quantitative estimate of drug-likeness (QED) is 0.773. The maximum Gasteiger partial charge on any atom is 0.407 e. The Bertz CT molecular complexity index is 845. The molecule has 0 fully saturated rings. The molecule has 2 N–H and O–H groups in total. The lowest BCUT2D eigenvalue weighted by Crippen LogP contribution is -2.32. The van der Waals surface area contributed by atoms with Gasteiger partial charge in [-0.1, -0.05) is 36.4 Å². The van der Waals surface area contributed by atoms with E-state index in [0.717, 1.165) is 36.3 Å². The average molecular weight is 414 g/mol. The number of hydrogen-bond donors (Lipinski definition) is 2. The summed E-state index contributed by atoms with van der Waals surface area (Å²) in [7, 11) is 0. The van der Waals surface area contributed by atoms with Crippen molar-refractivity contribution in [3.8, 4) is 11.5 Å². The van der Waals surface area contributed by atoms with E-state index >= 15 is 0 Å². The van der Waals surface area contributed by atoms with Crippen molar-refractivity contribution in [2.75, 3.05) is 13.4 Å². The molecule has 2 aliphatic rings. The highest BCUT2D eigenvalue weighted by atomic mass is 16.7. The maximum absolute atomic E-state index is 11.3. The normalized spacial score (nSPS) is 16.7. The van der Waals surface area contributed by atoms with E-state index in [4.69, 9.17) is 14.2 Å². The van der Waals surface area contributed by atoms with Crippen molar-refractivity contribution in [1.82, 2.24) is 5.32 Å². The number of rotatable bonds is 3. The summed E-state index contributed by atoms with van der Waals surface area (Å²) in [6, 6.07) is 13.8. The van der Waals surface area contributed by atoms with Gasteiger partial charge in [0.2, 0.25) is 6.79 Å². The van der Waals surface area contributed by atoms with E-state index in [1.165, 1.54) is 11.1 Å². The van der Waals surface area contributed by atoms with Crippen LogP contribution in [0, 0.1) is 0 Å². The Morgan fingerprint density at radius 3 is 2.63 bits per heavy atom. The van der Waals surface area contributed by atoms with E-state index in [1.54, 1.807) is 0 Å². The van der Waals surface area contributed by atoms with Crippen molar-refractivity contribution in [3.63, 3.8) is 0 Å². The van der Waals surface area contributed by atoms with Crippen molar-refractivity contribution < 1.29 is 24.1 Å². The number of carbonyl (C=O) groups excluding carboxylic acids is 1. The molecule has 1 atom stereocenters. The Kier molecular flexibility index (Phi) is 7.21. The van der Waals surface area contributed by atoms with Gasteiger partial charge in [-0.25, -0.2) is 4.79 Å². The smallest absolute Gasteiger partial charge is 0.407 e. The fourth-order valence-electron chi connectivity index (χ4n) is 3.64. The van der Waals surface area contributed by atoms with E-state index in [-0.39, 0.29) is 18.6 Å². The molecular weight excluding hydrogens is 382 g/mol. The highest BCUT2D eigenvalue weighted by Gasteiger charge is 2.27. The zero-order valence-electron chi connectivity index (χ0n) is 17.9. The van der Waals surface area contributed by atoms with E-state index in [2.05, 4.69) is 11.4 Å². The van der Waals surface area contributed by atoms with Gasteiger partial charge in [-0.3, -0.25) is 0 Å². The second kappa shape index (κ2) is 9.85. The molecule has 1 amide bonds. The molecule has 0 bridgehead atoms. The van der Waals surface area contributed by atoms with Gasteiger partial charge >= 0.3 is 6.09 Å². The van der Waals surface area contributed by atoms with Gasteiger partial charge in [-0.2, -0.15) is 0 Å². The molecule has 1 aliphatic carbocycles. The number of carbonyl (C=O) groups is 1. The number of nitrogens with one attached hydrogen (secondary N) is 1. The van der Waals surface area contributed by atoms with Crippen LogP contribution in [-0.4, -0.2) is 30.2 Å². The number of amides is 1. The van der Waals surface area contributed by atoms with Gasteiger partial charge in [-0.15, -0.1) is 0 Å². The number of hydrogen-bond acceptors (Lipinski definition) is 5. The summed E-state index contributed by atoms with van der Waals surface area (Å²) < 4.78 is 15.9. The Hall–Kier alpha value is -2.73. The molecule has 0 aromatic heterocycles. The average Bonchev–Trinajstić information content (AvgIpc) is 3.21. The van der Waals surface area contributed by atoms with Gasteiger partial charge in [-0.05, 0) is 57.2 Å². The van der Waals surface area contributed by atoms with Crippen LogP contribution in [0.5, 0.6) is 11.5 Å². The molecule has 0 saturated carbocycles. The lowest BCUT2D eigenvalue weighted by atomic mass is 9.82. The van der Waals surface area contributed by atoms with Crippen LogP contribution < -0.4 is 14.8 Å². The van der Waals surface area contributed by atoms with Crippen LogP contribution in [0.15, 0.2) is 42.5 Å². The van der Waals surface area contributed by atoms with Gasteiger partial charge in [0.1, 0.15) is 5.60 Å². The van der Waals surface area contributed by atoms with E-state index in [9.17, 15) is 9.90 Å². The molecule has 1 heterocycles. The lowest BCUT2D eigenvalue weighted by Gasteiger charge is -2.24. The first kappa shape index (κ1) is 22.0. The van der Waals surface area contributed by atoms with Gasteiger partial charge < -0.3 is 24.6 Å². The molecule has 30 heavy (non-hydrogen) atoms. The Balaban J connectivity index is 0.000000171. The Morgan fingerprint density at radius 2 is 1.93 bits per heavy atom. The standard InChI is InChI=1S/C12H17NO2.C12H14O3/c1-12(2,3)15-11(14)13-9-10-7-5-4-6-8-10;13-6-8-2-1-3-10-9(8)4-5-11-12(10)15-7-14-11/h4-8H,9H2,1-3H3,(H,13,14);4-5,8,13H,1-3,6-7H2/t;8-/m.1/s1. The highest BCUT2D eigenvalue weighted by Crippen LogP contribution is 2.43. The minimum atomic E-state index is -0.444. The fourth-order valence-corrected chi connectivity index (χ4v) is 3.64. The summed E-state index contributed by atoms with van der Waals surface area (Å²) in [6.45, 7) is 6.58. The van der Waals surface area contributed by atoms with Gasteiger partial charge in [0.05, 0.1) is 0 Å². The van der Waals surface area contributed by atoms with Crippen LogP contribution in [0.2, 0.25) is 0 Å². The monoisotopic (exact) mass is 413 g/mol. The molecule has 4 rings (SSSR count). The minimum absolute atomic E-state index is 0.229. The van der Waals surface area contributed by atoms with Crippen molar-refractivity contribution in [2.45, 2.75) is 58.1 Å². The Morgan fingerprint density at radius 1 is 1.17 bits per heavy atom. The van der Waals surface area contributed by atoms with Crippen LogP contribution in [0.1, 0.15) is 56.2 Å². The van der Waals surface area contributed by atoms with Crippen LogP contribution in [0.4, 0.5) is 4.79 Å². The Labute approximate surface area is 178 Å². The summed E-state index contributed by atoms with van der Waals surface area (Å²) in [5.41, 5.74) is 3.10. The third kappa shape index (κ3) is 5.89.